The minimum atomic E-state index is 0.0541. The fraction of sp³-hybridized carbons (Fsp3) is 0.542. The summed E-state index contributed by atoms with van der Waals surface area (Å²) in [5.74, 6) is 1.19. The van der Waals surface area contributed by atoms with Gasteiger partial charge in [-0.05, 0) is 49.9 Å². The number of hydrogen-bond acceptors (Lipinski definition) is 7. The highest BCUT2D eigenvalue weighted by atomic mass is 16.5. The highest BCUT2D eigenvalue weighted by Gasteiger charge is 2.28. The van der Waals surface area contributed by atoms with Gasteiger partial charge in [-0.15, -0.1) is 0 Å². The normalized spacial score (nSPS) is 16.7. The predicted octanol–water partition coefficient (Wildman–Crippen LogP) is 3.35. The van der Waals surface area contributed by atoms with Crippen molar-refractivity contribution in [2.24, 2.45) is 0 Å². The topological polar surface area (TPSA) is 84.6 Å². The molecular formula is C24H33N5O2. The number of Topliss-reactive ketones (excluding diaryl/α,β-unsaturated/α-hetero) is 1. The first-order valence-electron chi connectivity index (χ1n) is 11.5. The van der Waals surface area contributed by atoms with Crippen molar-refractivity contribution in [1.29, 1.82) is 0 Å². The lowest BCUT2D eigenvalue weighted by Gasteiger charge is -2.30. The summed E-state index contributed by atoms with van der Waals surface area (Å²) in [6, 6.07) is 8.93. The lowest BCUT2D eigenvalue weighted by molar-refractivity contribution is -0.117. The fourth-order valence-corrected chi connectivity index (χ4v) is 4.47. The molecule has 31 heavy (non-hydrogen) atoms. The molecule has 2 aliphatic heterocycles. The number of rotatable bonds is 8. The van der Waals surface area contributed by atoms with Crippen LogP contribution in [0.1, 0.15) is 56.2 Å². The molecule has 0 bridgehead atoms. The number of nitrogen functional groups attached to an aromatic ring is 1. The Kier molecular flexibility index (Phi) is 6.70. The molecule has 4 rings (SSSR count). The first-order chi connectivity index (χ1) is 15.1. The van der Waals surface area contributed by atoms with E-state index in [0.29, 0.717) is 30.5 Å². The number of aromatic nitrogens is 2. The lowest BCUT2D eigenvalue weighted by Crippen LogP contribution is -2.37. The number of likely N-dealkylation sites (tertiary alicyclic amines) is 1. The van der Waals surface area contributed by atoms with E-state index in [-0.39, 0.29) is 18.3 Å². The molecule has 2 aliphatic rings. The molecule has 1 aromatic heterocycles. The van der Waals surface area contributed by atoms with Crippen molar-refractivity contribution in [1.82, 2.24) is 14.9 Å². The SMILES string of the molecule is CCC(CC)Oc1nc(N)c2c(n1)N(Cc1cccc(CN3CCCC3)c1)CC(=O)C2. The summed E-state index contributed by atoms with van der Waals surface area (Å²) in [7, 11) is 0. The summed E-state index contributed by atoms with van der Waals surface area (Å²) < 4.78 is 5.96. The summed E-state index contributed by atoms with van der Waals surface area (Å²) in [6.45, 7) is 8.41. The molecule has 3 heterocycles. The van der Waals surface area contributed by atoms with E-state index in [1.54, 1.807) is 0 Å². The first-order valence-corrected chi connectivity index (χ1v) is 11.5. The average molecular weight is 424 g/mol. The van der Waals surface area contributed by atoms with Gasteiger partial charge in [-0.1, -0.05) is 38.1 Å². The summed E-state index contributed by atoms with van der Waals surface area (Å²) in [5.41, 5.74) is 9.40. The molecule has 166 valence electrons. The van der Waals surface area contributed by atoms with E-state index < -0.39 is 0 Å². The number of nitrogens with zero attached hydrogens (tertiary/aromatic N) is 4. The van der Waals surface area contributed by atoms with Gasteiger partial charge >= 0.3 is 6.01 Å². The predicted molar refractivity (Wildman–Crippen MR) is 122 cm³/mol. The molecule has 2 aromatic rings. The van der Waals surface area contributed by atoms with E-state index in [1.807, 2.05) is 4.90 Å². The van der Waals surface area contributed by atoms with Crippen LogP contribution in [0.15, 0.2) is 24.3 Å². The van der Waals surface area contributed by atoms with Gasteiger partial charge in [0.15, 0.2) is 5.78 Å². The monoisotopic (exact) mass is 423 g/mol. The van der Waals surface area contributed by atoms with Crippen LogP contribution in [-0.2, 0) is 24.3 Å². The van der Waals surface area contributed by atoms with Crippen LogP contribution in [0, 0.1) is 0 Å². The Morgan fingerprint density at radius 2 is 1.81 bits per heavy atom. The lowest BCUT2D eigenvalue weighted by atomic mass is 10.0. The number of carbonyl (C=O) groups is 1. The minimum absolute atomic E-state index is 0.0541. The van der Waals surface area contributed by atoms with Crippen LogP contribution in [-0.4, -0.2) is 46.4 Å². The molecule has 7 heteroatoms. The second kappa shape index (κ2) is 9.64. The number of carbonyl (C=O) groups excluding carboxylic acids is 1. The van der Waals surface area contributed by atoms with Crippen molar-refractivity contribution in [3.63, 3.8) is 0 Å². The van der Waals surface area contributed by atoms with Crippen LogP contribution in [0.2, 0.25) is 0 Å². The highest BCUT2D eigenvalue weighted by molar-refractivity contribution is 5.91. The molecule has 0 atom stereocenters. The maximum Gasteiger partial charge on any atom is 0.320 e. The van der Waals surface area contributed by atoms with E-state index in [2.05, 4.69) is 53.0 Å². The molecular weight excluding hydrogens is 390 g/mol. The number of hydrogen-bond donors (Lipinski definition) is 1. The number of nitrogens with two attached hydrogens (primary N) is 1. The maximum atomic E-state index is 12.4. The Balaban J connectivity index is 1.57. The third kappa shape index (κ3) is 5.15. The highest BCUT2D eigenvalue weighted by Crippen LogP contribution is 2.31. The van der Waals surface area contributed by atoms with Crippen molar-refractivity contribution >= 4 is 17.4 Å². The zero-order valence-electron chi connectivity index (χ0n) is 18.6. The van der Waals surface area contributed by atoms with Gasteiger partial charge in [0.1, 0.15) is 17.7 Å². The van der Waals surface area contributed by atoms with Crippen LogP contribution >= 0.6 is 0 Å². The van der Waals surface area contributed by atoms with Gasteiger partial charge < -0.3 is 15.4 Å². The Morgan fingerprint density at radius 3 is 2.52 bits per heavy atom. The van der Waals surface area contributed by atoms with Crippen molar-refractivity contribution in [3.05, 3.63) is 41.0 Å². The second-order valence-corrected chi connectivity index (χ2v) is 8.62. The molecule has 0 spiro atoms. The largest absolute Gasteiger partial charge is 0.460 e. The third-order valence-electron chi connectivity index (χ3n) is 6.19. The molecule has 2 N–H and O–H groups in total. The fourth-order valence-electron chi connectivity index (χ4n) is 4.47. The first kappa shape index (κ1) is 21.6. The van der Waals surface area contributed by atoms with Crippen molar-refractivity contribution in [2.75, 3.05) is 30.3 Å². The second-order valence-electron chi connectivity index (χ2n) is 8.62. The Labute approximate surface area is 184 Å². The van der Waals surface area contributed by atoms with E-state index >= 15 is 0 Å². The Hall–Kier alpha value is -2.67. The van der Waals surface area contributed by atoms with Crippen LogP contribution < -0.4 is 15.4 Å². The summed E-state index contributed by atoms with van der Waals surface area (Å²) in [4.78, 5) is 26.0. The van der Waals surface area contributed by atoms with E-state index in [0.717, 1.165) is 30.8 Å². The third-order valence-corrected chi connectivity index (χ3v) is 6.19. The molecule has 0 unspecified atom stereocenters. The van der Waals surface area contributed by atoms with Crippen molar-refractivity contribution < 1.29 is 9.53 Å². The molecule has 0 aliphatic carbocycles. The zero-order valence-corrected chi connectivity index (χ0v) is 18.6. The van der Waals surface area contributed by atoms with Crippen LogP contribution in [0.5, 0.6) is 6.01 Å². The summed E-state index contributed by atoms with van der Waals surface area (Å²) in [5, 5.41) is 0. The average Bonchev–Trinajstić information content (AvgIpc) is 3.26. The standard InChI is InChI=1S/C24H33N5O2/c1-3-20(4-2)31-24-26-22(25)21-13-19(30)16-29(23(21)27-24)15-18-9-7-8-17(12-18)14-28-10-5-6-11-28/h7-9,12,20H,3-6,10-11,13-16H2,1-2H3,(H2,25,26,27). The van der Waals surface area contributed by atoms with Gasteiger partial charge in [-0.25, -0.2) is 0 Å². The number of ketones is 1. The van der Waals surface area contributed by atoms with Crippen molar-refractivity contribution in [3.8, 4) is 6.01 Å². The molecule has 7 nitrogen and oxygen atoms in total. The Bertz CT molecular complexity index is 922. The molecule has 1 saturated heterocycles. The van der Waals surface area contributed by atoms with Gasteiger partial charge in [-0.2, -0.15) is 9.97 Å². The molecule has 1 fully saturated rings. The molecule has 0 radical (unpaired) electrons. The van der Waals surface area contributed by atoms with Gasteiger partial charge in [0.05, 0.1) is 6.54 Å². The molecule has 0 amide bonds. The number of fused-ring (bicyclic) bond motifs is 1. The summed E-state index contributed by atoms with van der Waals surface area (Å²) in [6.07, 6.45) is 4.66. The minimum Gasteiger partial charge on any atom is -0.460 e. The van der Waals surface area contributed by atoms with Gasteiger partial charge in [-0.3, -0.25) is 9.69 Å². The zero-order chi connectivity index (χ0) is 21.8. The van der Waals surface area contributed by atoms with Gasteiger partial charge in [0.25, 0.3) is 0 Å². The van der Waals surface area contributed by atoms with E-state index in [9.17, 15) is 4.79 Å². The smallest absolute Gasteiger partial charge is 0.320 e. The molecule has 0 saturated carbocycles. The molecule has 1 aromatic carbocycles. The number of benzene rings is 1. The van der Waals surface area contributed by atoms with E-state index in [1.165, 1.54) is 31.5 Å². The van der Waals surface area contributed by atoms with Crippen LogP contribution in [0.4, 0.5) is 11.6 Å². The van der Waals surface area contributed by atoms with Crippen LogP contribution in [0.3, 0.4) is 0 Å². The Morgan fingerprint density at radius 1 is 1.10 bits per heavy atom. The number of ether oxygens (including phenoxy) is 1. The quantitative estimate of drug-likeness (QED) is 0.697. The maximum absolute atomic E-state index is 12.4. The van der Waals surface area contributed by atoms with Gasteiger partial charge in [0, 0.05) is 25.1 Å². The van der Waals surface area contributed by atoms with Crippen molar-refractivity contribution in [2.45, 2.75) is 65.1 Å². The van der Waals surface area contributed by atoms with Crippen LogP contribution in [0.25, 0.3) is 0 Å². The van der Waals surface area contributed by atoms with E-state index in [4.69, 9.17) is 10.5 Å². The number of anilines is 2. The summed E-state index contributed by atoms with van der Waals surface area (Å²) >= 11 is 0. The van der Waals surface area contributed by atoms with Gasteiger partial charge in [0.2, 0.25) is 0 Å².